The molecular weight excluding hydrogens is 172 g/mol. The summed E-state index contributed by atoms with van der Waals surface area (Å²) in [4.78, 5) is 0. The van der Waals surface area contributed by atoms with Gasteiger partial charge >= 0.3 is 0 Å². The summed E-state index contributed by atoms with van der Waals surface area (Å²) in [7, 11) is 0. The normalized spacial score (nSPS) is 14.6. The minimum absolute atomic E-state index is 1.03. The second-order valence-corrected chi connectivity index (χ2v) is 3.89. The molecule has 70 valence electrons. The van der Waals surface area contributed by atoms with Crippen LogP contribution in [0.3, 0.4) is 0 Å². The summed E-state index contributed by atoms with van der Waals surface area (Å²) in [6.45, 7) is 2.09. The summed E-state index contributed by atoms with van der Waals surface area (Å²) in [6, 6.07) is 6.43. The third kappa shape index (κ3) is 1.02. The van der Waals surface area contributed by atoms with E-state index in [1.807, 2.05) is 0 Å². The van der Waals surface area contributed by atoms with E-state index in [-0.39, 0.29) is 0 Å². The molecule has 1 heterocycles. The van der Waals surface area contributed by atoms with Gasteiger partial charge in [0.25, 0.3) is 0 Å². The van der Waals surface area contributed by atoms with Crippen LogP contribution < -0.4 is 0 Å². The van der Waals surface area contributed by atoms with Gasteiger partial charge in [-0.1, -0.05) is 18.2 Å². The molecule has 0 atom stereocenters. The highest BCUT2D eigenvalue weighted by molar-refractivity contribution is 5.85. The molecule has 1 aliphatic rings. The Labute approximate surface area is 83.0 Å². The Bertz CT molecular complexity index is 517. The van der Waals surface area contributed by atoms with Gasteiger partial charge in [0, 0.05) is 10.9 Å². The standard InChI is InChI=1S/C13H12O/c1-9-6-7-11-10-4-2-3-5-12(10)14-13(11)8-9/h3,5-8H,2,4H2,1H3. The molecule has 2 aromatic rings. The second-order valence-electron chi connectivity index (χ2n) is 3.89. The van der Waals surface area contributed by atoms with Crippen LogP contribution in [0.2, 0.25) is 0 Å². The Morgan fingerprint density at radius 2 is 2.21 bits per heavy atom. The Kier molecular flexibility index (Phi) is 1.54. The lowest BCUT2D eigenvalue weighted by Gasteiger charge is -2.01. The van der Waals surface area contributed by atoms with E-state index in [1.165, 1.54) is 16.5 Å². The fraction of sp³-hybridized carbons (Fsp3) is 0.231. The van der Waals surface area contributed by atoms with Crippen LogP contribution in [0.5, 0.6) is 0 Å². The van der Waals surface area contributed by atoms with E-state index >= 15 is 0 Å². The average Bonchev–Trinajstić information content (AvgIpc) is 2.54. The number of aryl methyl sites for hydroxylation is 2. The minimum atomic E-state index is 1.03. The summed E-state index contributed by atoms with van der Waals surface area (Å²) < 4.78 is 5.78. The molecule has 1 aromatic carbocycles. The Morgan fingerprint density at radius 1 is 1.29 bits per heavy atom. The van der Waals surface area contributed by atoms with E-state index in [1.54, 1.807) is 0 Å². The van der Waals surface area contributed by atoms with Gasteiger partial charge < -0.3 is 4.42 Å². The van der Waals surface area contributed by atoms with Crippen molar-refractivity contribution in [1.82, 2.24) is 0 Å². The molecule has 0 spiro atoms. The fourth-order valence-corrected chi connectivity index (χ4v) is 2.09. The molecule has 0 saturated carbocycles. The Balaban J connectivity index is 2.37. The maximum atomic E-state index is 5.78. The molecule has 0 fully saturated rings. The zero-order valence-electron chi connectivity index (χ0n) is 8.21. The fourth-order valence-electron chi connectivity index (χ4n) is 2.09. The van der Waals surface area contributed by atoms with Crippen LogP contribution in [-0.4, -0.2) is 0 Å². The first-order valence-electron chi connectivity index (χ1n) is 5.03. The van der Waals surface area contributed by atoms with Crippen LogP contribution in [0.15, 0.2) is 28.7 Å². The molecule has 0 N–H and O–H groups in total. The first-order valence-corrected chi connectivity index (χ1v) is 5.03. The monoisotopic (exact) mass is 184 g/mol. The van der Waals surface area contributed by atoms with Gasteiger partial charge in [-0.2, -0.15) is 0 Å². The van der Waals surface area contributed by atoms with Crippen molar-refractivity contribution in [3.05, 3.63) is 41.2 Å². The highest BCUT2D eigenvalue weighted by Crippen LogP contribution is 2.31. The van der Waals surface area contributed by atoms with Gasteiger partial charge in [-0.05, 0) is 37.5 Å². The number of furan rings is 1. The molecule has 3 rings (SSSR count). The molecule has 0 radical (unpaired) electrons. The van der Waals surface area contributed by atoms with Crippen molar-refractivity contribution in [3.8, 4) is 0 Å². The van der Waals surface area contributed by atoms with Crippen LogP contribution in [0.4, 0.5) is 0 Å². The number of hydrogen-bond donors (Lipinski definition) is 0. The maximum absolute atomic E-state index is 5.78. The first kappa shape index (κ1) is 7.86. The summed E-state index contributed by atoms with van der Waals surface area (Å²) in [5, 5.41) is 1.29. The molecule has 1 aromatic heterocycles. The van der Waals surface area contributed by atoms with Gasteiger partial charge in [0.15, 0.2) is 0 Å². The third-order valence-corrected chi connectivity index (χ3v) is 2.81. The lowest BCUT2D eigenvalue weighted by molar-refractivity contribution is 0.595. The van der Waals surface area contributed by atoms with Crippen molar-refractivity contribution in [2.75, 3.05) is 0 Å². The van der Waals surface area contributed by atoms with Crippen molar-refractivity contribution in [1.29, 1.82) is 0 Å². The molecular formula is C13H12O. The van der Waals surface area contributed by atoms with Crippen LogP contribution in [0, 0.1) is 6.92 Å². The highest BCUT2D eigenvalue weighted by atomic mass is 16.3. The Morgan fingerprint density at radius 3 is 3.14 bits per heavy atom. The van der Waals surface area contributed by atoms with Crippen molar-refractivity contribution in [2.45, 2.75) is 19.8 Å². The van der Waals surface area contributed by atoms with Crippen LogP contribution in [0.25, 0.3) is 17.0 Å². The van der Waals surface area contributed by atoms with Gasteiger partial charge in [-0.15, -0.1) is 0 Å². The summed E-state index contributed by atoms with van der Waals surface area (Å²) >= 11 is 0. The van der Waals surface area contributed by atoms with Crippen molar-refractivity contribution in [3.63, 3.8) is 0 Å². The minimum Gasteiger partial charge on any atom is -0.456 e. The number of allylic oxidation sites excluding steroid dienone is 1. The maximum Gasteiger partial charge on any atom is 0.135 e. The van der Waals surface area contributed by atoms with E-state index < -0.39 is 0 Å². The number of rotatable bonds is 0. The number of benzene rings is 1. The number of fused-ring (bicyclic) bond motifs is 3. The van der Waals surface area contributed by atoms with E-state index in [9.17, 15) is 0 Å². The predicted octanol–water partition coefficient (Wildman–Crippen LogP) is 3.70. The quantitative estimate of drug-likeness (QED) is 0.608. The zero-order valence-corrected chi connectivity index (χ0v) is 8.21. The molecule has 14 heavy (non-hydrogen) atoms. The number of hydrogen-bond acceptors (Lipinski definition) is 1. The van der Waals surface area contributed by atoms with Gasteiger partial charge in [0.05, 0.1) is 0 Å². The topological polar surface area (TPSA) is 13.1 Å². The predicted molar refractivity (Wildman–Crippen MR) is 58.3 cm³/mol. The van der Waals surface area contributed by atoms with Gasteiger partial charge in [0.2, 0.25) is 0 Å². The molecule has 1 heteroatoms. The Hall–Kier alpha value is -1.50. The van der Waals surface area contributed by atoms with Crippen molar-refractivity contribution >= 4 is 17.0 Å². The zero-order chi connectivity index (χ0) is 9.54. The molecule has 0 unspecified atom stereocenters. The SMILES string of the molecule is Cc1ccc2c3c(oc2c1)C=CCC3. The van der Waals surface area contributed by atoms with Crippen molar-refractivity contribution < 1.29 is 4.42 Å². The van der Waals surface area contributed by atoms with Crippen LogP contribution >= 0.6 is 0 Å². The first-order chi connectivity index (χ1) is 6.84. The van der Waals surface area contributed by atoms with E-state index in [0.717, 1.165) is 24.2 Å². The highest BCUT2D eigenvalue weighted by Gasteiger charge is 2.13. The molecule has 0 amide bonds. The van der Waals surface area contributed by atoms with E-state index in [0.29, 0.717) is 0 Å². The van der Waals surface area contributed by atoms with Gasteiger partial charge in [0.1, 0.15) is 11.3 Å². The van der Waals surface area contributed by atoms with E-state index in [4.69, 9.17) is 4.42 Å². The van der Waals surface area contributed by atoms with Crippen molar-refractivity contribution in [2.24, 2.45) is 0 Å². The van der Waals surface area contributed by atoms with Gasteiger partial charge in [-0.3, -0.25) is 0 Å². The second kappa shape index (κ2) is 2.74. The molecule has 0 aliphatic heterocycles. The molecule has 0 bridgehead atoms. The molecule has 0 saturated heterocycles. The van der Waals surface area contributed by atoms with Crippen LogP contribution in [0.1, 0.15) is 23.3 Å². The van der Waals surface area contributed by atoms with E-state index in [2.05, 4.69) is 37.3 Å². The average molecular weight is 184 g/mol. The smallest absolute Gasteiger partial charge is 0.135 e. The third-order valence-electron chi connectivity index (χ3n) is 2.81. The largest absolute Gasteiger partial charge is 0.456 e. The summed E-state index contributed by atoms with van der Waals surface area (Å²) in [6.07, 6.45) is 6.52. The lowest BCUT2D eigenvalue weighted by Crippen LogP contribution is -1.88. The molecule has 1 aliphatic carbocycles. The van der Waals surface area contributed by atoms with Crippen LogP contribution in [-0.2, 0) is 6.42 Å². The molecule has 1 nitrogen and oxygen atoms in total. The lowest BCUT2D eigenvalue weighted by atomic mass is 10.0. The summed E-state index contributed by atoms with van der Waals surface area (Å²) in [5.74, 6) is 1.05. The summed E-state index contributed by atoms with van der Waals surface area (Å²) in [5.41, 5.74) is 3.66. The van der Waals surface area contributed by atoms with Gasteiger partial charge in [-0.25, -0.2) is 0 Å².